The standard InChI is InChI=1S/C30H47N.C12H18/c1-7-10-16-25(4)18-14-13-15-19-27(6)29-22-21-28(20-12-9-3)30(23-29)31-24-26(5)17-11-8-2;1-4-7-10(2)12-9-6-5-8-11(12)3/h8,11,17,21-23,31H,4,6-7,9-10,12-16,18-20,24H2,1-3,5H3;5-6,8-10H,4,7H2,1-3H3/b11-8-,26-17+;. The van der Waals surface area contributed by atoms with Gasteiger partial charge < -0.3 is 5.32 Å². The van der Waals surface area contributed by atoms with E-state index in [0.717, 1.165) is 25.3 Å². The van der Waals surface area contributed by atoms with Crippen molar-refractivity contribution in [3.8, 4) is 0 Å². The molecule has 2 rings (SSSR count). The summed E-state index contributed by atoms with van der Waals surface area (Å²) >= 11 is 0. The van der Waals surface area contributed by atoms with Gasteiger partial charge in [-0.25, -0.2) is 0 Å². The predicted octanol–water partition coefficient (Wildman–Crippen LogP) is 13.6. The quantitative estimate of drug-likeness (QED) is 0.0928. The number of rotatable bonds is 20. The first-order valence-electron chi connectivity index (χ1n) is 17.3. The fraction of sp³-hybridized carbons (Fsp3) is 0.524. The molecule has 0 heterocycles. The lowest BCUT2D eigenvalue weighted by Crippen LogP contribution is -2.06. The monoisotopic (exact) mass is 584 g/mol. The Hall–Kier alpha value is -2.80. The highest BCUT2D eigenvalue weighted by Crippen LogP contribution is 2.27. The molecule has 0 aliphatic carbocycles. The molecule has 1 unspecified atom stereocenters. The van der Waals surface area contributed by atoms with Crippen molar-refractivity contribution in [2.75, 3.05) is 11.9 Å². The maximum Gasteiger partial charge on any atom is 0.0381 e. The zero-order valence-electron chi connectivity index (χ0n) is 29.2. The van der Waals surface area contributed by atoms with E-state index in [1.807, 2.05) is 0 Å². The van der Waals surface area contributed by atoms with Gasteiger partial charge in [0.1, 0.15) is 0 Å². The minimum Gasteiger partial charge on any atom is -0.381 e. The van der Waals surface area contributed by atoms with Crippen LogP contribution in [0, 0.1) is 6.92 Å². The summed E-state index contributed by atoms with van der Waals surface area (Å²) in [7, 11) is 0. The largest absolute Gasteiger partial charge is 0.381 e. The summed E-state index contributed by atoms with van der Waals surface area (Å²) in [6.07, 6.45) is 22.3. The molecule has 0 amide bonds. The van der Waals surface area contributed by atoms with Crippen molar-refractivity contribution in [1.82, 2.24) is 0 Å². The number of anilines is 1. The first-order valence-corrected chi connectivity index (χ1v) is 17.3. The highest BCUT2D eigenvalue weighted by atomic mass is 14.9. The van der Waals surface area contributed by atoms with E-state index in [1.165, 1.54) is 115 Å². The Morgan fingerprint density at radius 3 is 2.23 bits per heavy atom. The maximum atomic E-state index is 4.40. The van der Waals surface area contributed by atoms with Crippen molar-refractivity contribution in [3.63, 3.8) is 0 Å². The van der Waals surface area contributed by atoms with Crippen molar-refractivity contribution < 1.29 is 0 Å². The van der Waals surface area contributed by atoms with Gasteiger partial charge in [-0.05, 0) is 118 Å². The number of allylic oxidation sites excluding steroid dienone is 5. The normalized spacial score (nSPS) is 12.1. The minimum absolute atomic E-state index is 0.719. The molecule has 43 heavy (non-hydrogen) atoms. The molecular weight excluding hydrogens is 518 g/mol. The number of nitrogens with one attached hydrogen (secondary N) is 1. The van der Waals surface area contributed by atoms with E-state index in [4.69, 9.17) is 0 Å². The molecule has 1 N–H and O–H groups in total. The second-order valence-corrected chi connectivity index (χ2v) is 12.4. The molecule has 2 aromatic rings. The zero-order valence-corrected chi connectivity index (χ0v) is 29.2. The molecule has 0 fully saturated rings. The summed E-state index contributed by atoms with van der Waals surface area (Å²) in [4.78, 5) is 0. The highest BCUT2D eigenvalue weighted by Gasteiger charge is 2.08. The van der Waals surface area contributed by atoms with Crippen molar-refractivity contribution >= 4 is 11.3 Å². The van der Waals surface area contributed by atoms with Crippen molar-refractivity contribution in [1.29, 1.82) is 0 Å². The Morgan fingerprint density at radius 1 is 0.860 bits per heavy atom. The number of aryl methyl sites for hydroxylation is 2. The molecule has 0 aliphatic rings. The van der Waals surface area contributed by atoms with Crippen molar-refractivity contribution in [2.24, 2.45) is 0 Å². The van der Waals surface area contributed by atoms with E-state index < -0.39 is 0 Å². The third-order valence-corrected chi connectivity index (χ3v) is 8.28. The van der Waals surface area contributed by atoms with Gasteiger partial charge in [0.15, 0.2) is 0 Å². The van der Waals surface area contributed by atoms with E-state index in [9.17, 15) is 0 Å². The lowest BCUT2D eigenvalue weighted by atomic mass is 9.93. The maximum absolute atomic E-state index is 4.40. The smallest absolute Gasteiger partial charge is 0.0381 e. The SMILES string of the molecule is C=C(CCCC)CCCCCC(=C)c1ccc(CCCC)c(NC/C(C)=C/C=C\C)c1.CCCC(C)c1ccccc1C. The summed E-state index contributed by atoms with van der Waals surface area (Å²) in [5.41, 5.74) is 10.9. The Kier molecular flexibility index (Phi) is 21.0. The zero-order chi connectivity index (χ0) is 31.9. The van der Waals surface area contributed by atoms with E-state index in [-0.39, 0.29) is 0 Å². The summed E-state index contributed by atoms with van der Waals surface area (Å²) in [6.45, 7) is 25.0. The number of hydrogen-bond donors (Lipinski definition) is 1. The van der Waals surface area contributed by atoms with Gasteiger partial charge in [0.25, 0.3) is 0 Å². The van der Waals surface area contributed by atoms with Gasteiger partial charge in [0.2, 0.25) is 0 Å². The van der Waals surface area contributed by atoms with Crippen LogP contribution < -0.4 is 5.32 Å². The number of hydrogen-bond acceptors (Lipinski definition) is 1. The topological polar surface area (TPSA) is 12.0 Å². The fourth-order valence-corrected chi connectivity index (χ4v) is 5.41. The summed E-state index contributed by atoms with van der Waals surface area (Å²) in [5, 5.41) is 3.68. The third kappa shape index (κ3) is 16.6. The Balaban J connectivity index is 0.000000639. The van der Waals surface area contributed by atoms with Crippen molar-refractivity contribution in [3.05, 3.63) is 107 Å². The van der Waals surface area contributed by atoms with Crippen LogP contribution in [0.5, 0.6) is 0 Å². The lowest BCUT2D eigenvalue weighted by molar-refractivity contribution is 0.661. The number of benzene rings is 2. The van der Waals surface area contributed by atoms with Crippen LogP contribution in [0.3, 0.4) is 0 Å². The average molecular weight is 584 g/mol. The molecule has 0 spiro atoms. The second-order valence-electron chi connectivity index (χ2n) is 12.4. The van der Waals surface area contributed by atoms with Gasteiger partial charge in [-0.15, -0.1) is 0 Å². The average Bonchev–Trinajstić information content (AvgIpc) is 3.01. The number of unbranched alkanes of at least 4 members (excludes halogenated alkanes) is 4. The summed E-state index contributed by atoms with van der Waals surface area (Å²) < 4.78 is 0. The van der Waals surface area contributed by atoms with Crippen LogP contribution in [0.1, 0.15) is 147 Å². The van der Waals surface area contributed by atoms with Gasteiger partial charge in [-0.1, -0.05) is 132 Å². The van der Waals surface area contributed by atoms with E-state index >= 15 is 0 Å². The fourth-order valence-electron chi connectivity index (χ4n) is 5.41. The van der Waals surface area contributed by atoms with Crippen molar-refractivity contribution in [2.45, 2.75) is 138 Å². The lowest BCUT2D eigenvalue weighted by Gasteiger charge is -2.15. The van der Waals surface area contributed by atoms with Crippen LogP contribution in [0.15, 0.2) is 85.0 Å². The summed E-state index contributed by atoms with van der Waals surface area (Å²) in [6, 6.07) is 15.6. The minimum atomic E-state index is 0.719. The van der Waals surface area contributed by atoms with Crippen LogP contribution in [0.2, 0.25) is 0 Å². The Bertz CT molecular complexity index is 1120. The highest BCUT2D eigenvalue weighted by molar-refractivity contribution is 5.69. The molecule has 0 saturated heterocycles. The van der Waals surface area contributed by atoms with Gasteiger partial charge in [-0.3, -0.25) is 0 Å². The van der Waals surface area contributed by atoms with Crippen LogP contribution in [0.25, 0.3) is 5.57 Å². The molecular formula is C42H65N. The molecule has 0 radical (unpaired) electrons. The molecule has 2 aromatic carbocycles. The van der Waals surface area contributed by atoms with Gasteiger partial charge in [0, 0.05) is 12.2 Å². The van der Waals surface area contributed by atoms with E-state index in [1.54, 1.807) is 0 Å². The van der Waals surface area contributed by atoms with Crippen LogP contribution in [-0.2, 0) is 6.42 Å². The van der Waals surface area contributed by atoms with Gasteiger partial charge in [-0.2, -0.15) is 0 Å². The predicted molar refractivity (Wildman–Crippen MR) is 197 cm³/mol. The van der Waals surface area contributed by atoms with Crippen LogP contribution in [-0.4, -0.2) is 6.54 Å². The summed E-state index contributed by atoms with van der Waals surface area (Å²) in [5.74, 6) is 0.719. The molecule has 238 valence electrons. The third-order valence-electron chi connectivity index (χ3n) is 8.28. The first-order chi connectivity index (χ1) is 20.8. The molecule has 0 bridgehead atoms. The van der Waals surface area contributed by atoms with E-state index in [2.05, 4.69) is 128 Å². The van der Waals surface area contributed by atoms with Gasteiger partial charge in [0.05, 0.1) is 0 Å². The molecule has 0 aliphatic heterocycles. The van der Waals surface area contributed by atoms with Crippen LogP contribution >= 0.6 is 0 Å². The molecule has 0 saturated carbocycles. The molecule has 1 heteroatoms. The molecule has 1 atom stereocenters. The van der Waals surface area contributed by atoms with E-state index in [0.29, 0.717) is 0 Å². The molecule has 0 aromatic heterocycles. The van der Waals surface area contributed by atoms with Crippen LogP contribution in [0.4, 0.5) is 5.69 Å². The Morgan fingerprint density at radius 2 is 1.56 bits per heavy atom. The molecule has 1 nitrogen and oxygen atoms in total. The second kappa shape index (κ2) is 23.6. The Labute approximate surface area is 267 Å². The first kappa shape index (κ1) is 38.2. The van der Waals surface area contributed by atoms with Gasteiger partial charge >= 0.3 is 0 Å².